The van der Waals surface area contributed by atoms with E-state index in [2.05, 4.69) is 47.3 Å². The van der Waals surface area contributed by atoms with Gasteiger partial charge in [-0.05, 0) is 43.2 Å². The number of carbonyl (C=O) groups is 1. The molecule has 0 bridgehead atoms. The van der Waals surface area contributed by atoms with E-state index in [1.54, 1.807) is 6.21 Å². The van der Waals surface area contributed by atoms with E-state index >= 15 is 0 Å². The molecule has 0 aromatic heterocycles. The van der Waals surface area contributed by atoms with Crippen LogP contribution >= 0.6 is 0 Å². The van der Waals surface area contributed by atoms with Crippen LogP contribution in [0.2, 0.25) is 0 Å². The maximum atomic E-state index is 13.5. The number of hydrogen-bond acceptors (Lipinski definition) is 7. The predicted molar refractivity (Wildman–Crippen MR) is 135 cm³/mol. The number of morpholine rings is 1. The van der Waals surface area contributed by atoms with Gasteiger partial charge in [-0.15, -0.1) is 0 Å². The number of benzene rings is 1. The monoisotopic (exact) mass is 464 g/mol. The SMILES string of the molecule is CC=N/C(=C\C)C1=NC2(CCC(C)(C)c3ccccc32)C(C(=O)OC)=C(CN2CCOCC2)N1. The molecule has 2 aliphatic heterocycles. The molecule has 1 atom stereocenters. The Bertz CT molecular complexity index is 1060. The number of nitrogens with zero attached hydrogens (tertiary/aromatic N) is 3. The highest BCUT2D eigenvalue weighted by atomic mass is 16.5. The Morgan fingerprint density at radius 1 is 1.21 bits per heavy atom. The van der Waals surface area contributed by atoms with E-state index in [0.29, 0.717) is 37.6 Å². The number of amidine groups is 1. The van der Waals surface area contributed by atoms with Gasteiger partial charge in [0, 0.05) is 31.5 Å². The van der Waals surface area contributed by atoms with Crippen LogP contribution in [-0.4, -0.2) is 62.9 Å². The summed E-state index contributed by atoms with van der Waals surface area (Å²) in [5.74, 6) is 0.347. The number of methoxy groups -OCH3 is 1. The van der Waals surface area contributed by atoms with Gasteiger partial charge in [-0.2, -0.15) is 0 Å². The largest absolute Gasteiger partial charge is 0.466 e. The van der Waals surface area contributed by atoms with Crippen LogP contribution in [0.5, 0.6) is 0 Å². The van der Waals surface area contributed by atoms with Crippen LogP contribution in [0.25, 0.3) is 0 Å². The lowest BCUT2D eigenvalue weighted by Gasteiger charge is -2.46. The summed E-state index contributed by atoms with van der Waals surface area (Å²) in [6.07, 6.45) is 5.33. The summed E-state index contributed by atoms with van der Waals surface area (Å²) in [6.45, 7) is 12.0. The second-order valence-electron chi connectivity index (χ2n) is 9.67. The van der Waals surface area contributed by atoms with Gasteiger partial charge >= 0.3 is 5.97 Å². The maximum Gasteiger partial charge on any atom is 0.338 e. The fraction of sp³-hybridized carbons (Fsp3) is 0.519. The molecule has 1 saturated heterocycles. The number of nitrogens with one attached hydrogen (secondary N) is 1. The fourth-order valence-corrected chi connectivity index (χ4v) is 5.33. The van der Waals surface area contributed by atoms with Crippen molar-refractivity contribution in [1.82, 2.24) is 10.2 Å². The van der Waals surface area contributed by atoms with Crippen LogP contribution in [0.4, 0.5) is 0 Å². The average molecular weight is 465 g/mol. The van der Waals surface area contributed by atoms with Gasteiger partial charge in [0.1, 0.15) is 11.2 Å². The first kappa shape index (κ1) is 24.4. The zero-order chi connectivity index (χ0) is 24.3. The summed E-state index contributed by atoms with van der Waals surface area (Å²) in [5, 5.41) is 3.49. The molecule has 0 saturated carbocycles. The highest BCUT2D eigenvalue weighted by molar-refractivity contribution is 6.04. The third kappa shape index (κ3) is 4.34. The van der Waals surface area contributed by atoms with E-state index in [1.807, 2.05) is 26.0 Å². The Kier molecular flexibility index (Phi) is 7.05. The number of aliphatic imine (C=N–C) groups is 2. The Morgan fingerprint density at radius 2 is 1.91 bits per heavy atom. The van der Waals surface area contributed by atoms with Gasteiger partial charge in [-0.3, -0.25) is 9.89 Å². The summed E-state index contributed by atoms with van der Waals surface area (Å²) in [5.41, 5.74) is 3.63. The van der Waals surface area contributed by atoms with Crippen LogP contribution in [0.1, 0.15) is 51.7 Å². The minimum atomic E-state index is -0.834. The third-order valence-electron chi connectivity index (χ3n) is 7.16. The molecule has 1 unspecified atom stereocenters. The molecular weight excluding hydrogens is 428 g/mol. The van der Waals surface area contributed by atoms with Crippen LogP contribution in [0, 0.1) is 0 Å². The first-order valence-electron chi connectivity index (χ1n) is 12.1. The molecule has 7 heteroatoms. The van der Waals surface area contributed by atoms with Gasteiger partial charge in [-0.25, -0.2) is 9.79 Å². The summed E-state index contributed by atoms with van der Waals surface area (Å²) in [4.78, 5) is 25.6. The first-order chi connectivity index (χ1) is 16.4. The molecule has 1 aromatic rings. The van der Waals surface area contributed by atoms with E-state index < -0.39 is 5.54 Å². The Morgan fingerprint density at radius 3 is 2.56 bits per heavy atom. The second kappa shape index (κ2) is 9.84. The Hall–Kier alpha value is -2.77. The number of fused-ring (bicyclic) bond motifs is 2. The first-order valence-corrected chi connectivity index (χ1v) is 12.1. The standard InChI is InChI=1S/C27H36N4O3/c1-6-21(28-7-2)24-29-22(18-31-14-16-34-17-15-31)23(25(32)33-5)27(30-24)13-12-26(3,4)19-10-8-9-11-20(19)27/h6-11H,12-18H2,1-5H3,(H,29,30)/b21-6-,28-7?. The number of allylic oxidation sites excluding steroid dienone is 1. The van der Waals surface area contributed by atoms with E-state index in [1.165, 1.54) is 12.7 Å². The van der Waals surface area contributed by atoms with Crippen molar-refractivity contribution < 1.29 is 14.3 Å². The van der Waals surface area contributed by atoms with Crippen LogP contribution < -0.4 is 5.32 Å². The minimum Gasteiger partial charge on any atom is -0.466 e. The summed E-state index contributed by atoms with van der Waals surface area (Å²) in [7, 11) is 1.45. The van der Waals surface area contributed by atoms with Crippen molar-refractivity contribution >= 4 is 18.0 Å². The van der Waals surface area contributed by atoms with Gasteiger partial charge < -0.3 is 14.8 Å². The normalized spacial score (nSPS) is 25.2. The van der Waals surface area contributed by atoms with Crippen molar-refractivity contribution in [2.75, 3.05) is 40.0 Å². The summed E-state index contributed by atoms with van der Waals surface area (Å²) < 4.78 is 10.9. The number of rotatable bonds is 5. The van der Waals surface area contributed by atoms with E-state index in [0.717, 1.165) is 36.5 Å². The van der Waals surface area contributed by atoms with Crippen molar-refractivity contribution in [3.8, 4) is 0 Å². The van der Waals surface area contributed by atoms with Gasteiger partial charge in [0.15, 0.2) is 5.84 Å². The minimum absolute atomic E-state index is 0.0149. The van der Waals surface area contributed by atoms with Crippen LogP contribution in [0.3, 0.4) is 0 Å². The Balaban J connectivity index is 1.96. The molecule has 0 radical (unpaired) electrons. The van der Waals surface area contributed by atoms with Crippen molar-refractivity contribution in [3.05, 3.63) is 58.4 Å². The number of ether oxygens (including phenoxy) is 2. The molecule has 2 heterocycles. The molecule has 1 aliphatic carbocycles. The molecule has 34 heavy (non-hydrogen) atoms. The lowest BCUT2D eigenvalue weighted by Crippen LogP contribution is -2.50. The molecule has 0 amide bonds. The number of hydrogen-bond donors (Lipinski definition) is 1. The molecule has 1 N–H and O–H groups in total. The highest BCUT2D eigenvalue weighted by Crippen LogP contribution is 2.52. The van der Waals surface area contributed by atoms with Crippen molar-refractivity contribution in [1.29, 1.82) is 0 Å². The average Bonchev–Trinajstić information content (AvgIpc) is 2.85. The molecular formula is C27H36N4O3. The molecule has 1 spiro atoms. The van der Waals surface area contributed by atoms with E-state index in [4.69, 9.17) is 14.5 Å². The zero-order valence-corrected chi connectivity index (χ0v) is 21.0. The highest BCUT2D eigenvalue weighted by Gasteiger charge is 2.51. The van der Waals surface area contributed by atoms with Gasteiger partial charge in [0.05, 0.1) is 25.9 Å². The van der Waals surface area contributed by atoms with Gasteiger partial charge in [0.2, 0.25) is 0 Å². The topological polar surface area (TPSA) is 75.5 Å². The molecule has 1 aromatic carbocycles. The van der Waals surface area contributed by atoms with Crippen LogP contribution in [0.15, 0.2) is 57.3 Å². The second-order valence-corrected chi connectivity index (χ2v) is 9.67. The zero-order valence-electron chi connectivity index (χ0n) is 21.0. The van der Waals surface area contributed by atoms with Crippen LogP contribution in [-0.2, 0) is 25.2 Å². The van der Waals surface area contributed by atoms with Gasteiger partial charge in [0.25, 0.3) is 0 Å². The predicted octanol–water partition coefficient (Wildman–Crippen LogP) is 3.71. The summed E-state index contributed by atoms with van der Waals surface area (Å²) in [6, 6.07) is 8.40. The molecule has 1 fully saturated rings. The molecule has 3 aliphatic rings. The van der Waals surface area contributed by atoms with Gasteiger partial charge in [-0.1, -0.05) is 44.2 Å². The van der Waals surface area contributed by atoms with E-state index in [9.17, 15) is 4.79 Å². The molecule has 182 valence electrons. The quantitative estimate of drug-likeness (QED) is 0.531. The maximum absolute atomic E-state index is 13.5. The summed E-state index contributed by atoms with van der Waals surface area (Å²) >= 11 is 0. The molecule has 4 rings (SSSR count). The Labute approximate surface area is 202 Å². The van der Waals surface area contributed by atoms with Crippen molar-refractivity contribution in [2.45, 2.75) is 51.5 Å². The van der Waals surface area contributed by atoms with Crippen molar-refractivity contribution in [2.24, 2.45) is 9.98 Å². The van der Waals surface area contributed by atoms with Crippen molar-refractivity contribution in [3.63, 3.8) is 0 Å². The third-order valence-corrected chi connectivity index (χ3v) is 7.16. The number of carbonyl (C=O) groups excluding carboxylic acids is 1. The lowest BCUT2D eigenvalue weighted by molar-refractivity contribution is -0.137. The number of esters is 1. The van der Waals surface area contributed by atoms with E-state index in [-0.39, 0.29) is 11.4 Å². The smallest absolute Gasteiger partial charge is 0.338 e. The molecule has 7 nitrogen and oxygen atoms in total. The lowest BCUT2D eigenvalue weighted by atomic mass is 9.62. The fourth-order valence-electron chi connectivity index (χ4n) is 5.33.